The summed E-state index contributed by atoms with van der Waals surface area (Å²) in [6, 6.07) is 7.52. The van der Waals surface area contributed by atoms with Crippen molar-refractivity contribution in [1.29, 1.82) is 5.26 Å². The Morgan fingerprint density at radius 3 is 2.09 bits per heavy atom. The van der Waals surface area contributed by atoms with Crippen LogP contribution in [0, 0.1) is 17.2 Å². The van der Waals surface area contributed by atoms with Gasteiger partial charge in [0.25, 0.3) is 11.6 Å². The molecule has 0 spiro atoms. The molecular weight excluding hydrogens is 463 g/mol. The summed E-state index contributed by atoms with van der Waals surface area (Å²) in [7, 11) is 1.46. The zero-order chi connectivity index (χ0) is 26.4. The van der Waals surface area contributed by atoms with Gasteiger partial charge in [0.2, 0.25) is 0 Å². The summed E-state index contributed by atoms with van der Waals surface area (Å²) in [6.45, 7) is 8.28. The summed E-state index contributed by atoms with van der Waals surface area (Å²) < 4.78 is 26.7. The fourth-order valence-electron chi connectivity index (χ4n) is 4.16. The number of hydrogen-bond donors (Lipinski definition) is 1. The highest BCUT2D eigenvalue weighted by Crippen LogP contribution is 2.37. The summed E-state index contributed by atoms with van der Waals surface area (Å²) in [5.74, 6) is 0.0439. The number of benzene rings is 1. The summed E-state index contributed by atoms with van der Waals surface area (Å²) in [6.07, 6.45) is 13.6. The van der Waals surface area contributed by atoms with E-state index in [9.17, 15) is 13.6 Å². The van der Waals surface area contributed by atoms with Gasteiger partial charge in [0.15, 0.2) is 0 Å². The number of halogens is 2. The number of carbonyl (C=O) groups excluding carboxylic acids is 1. The van der Waals surface area contributed by atoms with Crippen LogP contribution in [0.25, 0.3) is 0 Å². The quantitative estimate of drug-likeness (QED) is 0.223. The van der Waals surface area contributed by atoms with Gasteiger partial charge in [-0.3, -0.25) is 4.79 Å². The number of nitrogens with zero attached hydrogens (tertiary/aromatic N) is 2. The Hall–Kier alpha value is -1.83. The van der Waals surface area contributed by atoms with Gasteiger partial charge in [0.1, 0.15) is 0 Å². The van der Waals surface area contributed by atoms with E-state index in [1.54, 1.807) is 12.1 Å². The van der Waals surface area contributed by atoms with Gasteiger partial charge in [0, 0.05) is 23.6 Å². The second-order valence-electron chi connectivity index (χ2n) is 9.06. The lowest BCUT2D eigenvalue weighted by Crippen LogP contribution is -2.43. The number of allylic oxidation sites excluding steroid dienone is 2. The minimum Gasteiger partial charge on any atom is -0.333 e. The molecule has 0 bridgehead atoms. The van der Waals surface area contributed by atoms with E-state index in [0.717, 1.165) is 38.5 Å². The standard InChI is InChI=1S/C19H24F2N3OP.C7H14.C2H6/c20-19(21,26)17(23)13-3-5-14(6-4-13)18(25)24(16-9-10-16)15-7-1-12(11-22)2-8-15;1-3-5-7-6-4-2;1-2/h3-6,12,15-17H,1-2,7-10,23,26H2;3,5H,4,6-7H2,1-2H3;1-2H3/b;5-3-;. The zero-order valence-electron chi connectivity index (χ0n) is 21.9. The second kappa shape index (κ2) is 16.0. The molecule has 2 fully saturated rings. The van der Waals surface area contributed by atoms with Crippen LogP contribution in [0.5, 0.6) is 0 Å². The predicted molar refractivity (Wildman–Crippen MR) is 144 cm³/mol. The van der Waals surface area contributed by atoms with Crippen molar-refractivity contribution in [3.05, 3.63) is 47.5 Å². The van der Waals surface area contributed by atoms with E-state index < -0.39 is 11.7 Å². The average molecular weight is 508 g/mol. The molecule has 0 aliphatic heterocycles. The molecule has 4 nitrogen and oxygen atoms in total. The Labute approximate surface area is 213 Å². The first-order chi connectivity index (χ1) is 16.7. The van der Waals surface area contributed by atoms with Crippen LogP contribution in [0.1, 0.15) is 107 Å². The molecule has 2 N–H and O–H groups in total. The predicted octanol–water partition coefficient (Wildman–Crippen LogP) is 7.62. The number of amides is 1. The van der Waals surface area contributed by atoms with Crippen molar-refractivity contribution < 1.29 is 13.6 Å². The molecule has 0 radical (unpaired) electrons. The van der Waals surface area contributed by atoms with E-state index in [1.165, 1.54) is 40.6 Å². The maximum Gasteiger partial charge on any atom is 0.277 e. The first kappa shape index (κ1) is 31.2. The van der Waals surface area contributed by atoms with E-state index in [0.29, 0.717) is 11.1 Å². The van der Waals surface area contributed by atoms with Crippen LogP contribution in [0.2, 0.25) is 0 Å². The summed E-state index contributed by atoms with van der Waals surface area (Å²) in [4.78, 5) is 15.0. The monoisotopic (exact) mass is 507 g/mol. The molecule has 1 aromatic carbocycles. The van der Waals surface area contributed by atoms with E-state index >= 15 is 0 Å². The fraction of sp³-hybridized carbons (Fsp3) is 0.643. The molecule has 2 saturated carbocycles. The summed E-state index contributed by atoms with van der Waals surface area (Å²) >= 11 is 0. The van der Waals surface area contributed by atoms with Gasteiger partial charge in [-0.25, -0.2) is 8.78 Å². The molecule has 7 heteroatoms. The first-order valence-corrected chi connectivity index (χ1v) is 13.7. The lowest BCUT2D eigenvalue weighted by atomic mass is 9.86. The summed E-state index contributed by atoms with van der Waals surface area (Å²) in [5.41, 5.74) is 3.28. The number of nitrogens with two attached hydrogens (primary N) is 1. The number of alkyl halides is 2. The van der Waals surface area contributed by atoms with E-state index in [1.807, 2.05) is 18.7 Å². The SMILES string of the molecule is C/C=C\CCCC.CC.N#CC1CCC(N(C(=O)c2ccc(C(N)C(F)(F)P)cc2)C2CC2)CC1. The molecule has 3 rings (SSSR count). The van der Waals surface area contributed by atoms with Gasteiger partial charge in [0.05, 0.1) is 12.1 Å². The topological polar surface area (TPSA) is 70.1 Å². The second-order valence-corrected chi connectivity index (χ2v) is 9.83. The van der Waals surface area contributed by atoms with Gasteiger partial charge in [-0.2, -0.15) is 5.26 Å². The highest BCUT2D eigenvalue weighted by atomic mass is 31.0. The third-order valence-corrected chi connectivity index (χ3v) is 6.70. The van der Waals surface area contributed by atoms with Crippen molar-refractivity contribution in [3.8, 4) is 6.07 Å². The van der Waals surface area contributed by atoms with Crippen LogP contribution in [0.15, 0.2) is 36.4 Å². The van der Waals surface area contributed by atoms with Crippen molar-refractivity contribution in [2.24, 2.45) is 11.7 Å². The molecule has 1 amide bonds. The van der Waals surface area contributed by atoms with E-state index in [-0.39, 0.29) is 23.9 Å². The molecule has 2 unspecified atom stereocenters. The first-order valence-electron chi connectivity index (χ1n) is 13.1. The highest BCUT2D eigenvalue weighted by Gasteiger charge is 2.39. The average Bonchev–Trinajstić information content (AvgIpc) is 3.71. The lowest BCUT2D eigenvalue weighted by Gasteiger charge is -2.36. The van der Waals surface area contributed by atoms with Gasteiger partial charge >= 0.3 is 0 Å². The molecule has 2 aliphatic carbocycles. The molecule has 0 heterocycles. The molecule has 2 atom stereocenters. The van der Waals surface area contributed by atoms with Crippen molar-refractivity contribution in [2.45, 2.75) is 109 Å². The van der Waals surface area contributed by atoms with Crippen LogP contribution in [0.3, 0.4) is 0 Å². The Bertz CT molecular complexity index is 805. The lowest BCUT2D eigenvalue weighted by molar-refractivity contribution is 0.0601. The fourth-order valence-corrected chi connectivity index (χ4v) is 4.35. The normalized spacial score (nSPS) is 20.5. The van der Waals surface area contributed by atoms with Crippen molar-refractivity contribution >= 4 is 15.1 Å². The van der Waals surface area contributed by atoms with Crippen molar-refractivity contribution in [2.75, 3.05) is 0 Å². The minimum atomic E-state index is -3.09. The number of unbranched alkanes of at least 4 members (excludes halogenated alkanes) is 2. The molecular formula is C28H44F2N3OP. The van der Waals surface area contributed by atoms with Gasteiger partial charge in [-0.1, -0.05) is 67.1 Å². The Balaban J connectivity index is 0.000000587. The van der Waals surface area contributed by atoms with E-state index in [4.69, 9.17) is 11.0 Å². The molecule has 196 valence electrons. The van der Waals surface area contributed by atoms with Crippen LogP contribution in [-0.2, 0) is 0 Å². The van der Waals surface area contributed by atoms with Crippen LogP contribution < -0.4 is 5.73 Å². The third-order valence-electron chi connectivity index (χ3n) is 6.34. The minimum absolute atomic E-state index is 0.0503. The molecule has 2 aliphatic rings. The maximum atomic E-state index is 13.3. The largest absolute Gasteiger partial charge is 0.333 e. The van der Waals surface area contributed by atoms with Gasteiger partial charge in [-0.15, -0.1) is 0 Å². The highest BCUT2D eigenvalue weighted by molar-refractivity contribution is 7.18. The van der Waals surface area contributed by atoms with Gasteiger partial charge < -0.3 is 10.6 Å². The number of rotatable bonds is 8. The van der Waals surface area contributed by atoms with Crippen molar-refractivity contribution in [3.63, 3.8) is 0 Å². The smallest absolute Gasteiger partial charge is 0.277 e. The Morgan fingerprint density at radius 1 is 1.17 bits per heavy atom. The van der Waals surface area contributed by atoms with Crippen LogP contribution in [-0.4, -0.2) is 28.6 Å². The number of nitriles is 1. The Kier molecular flexibility index (Phi) is 14.3. The zero-order valence-corrected chi connectivity index (χ0v) is 23.0. The third kappa shape index (κ3) is 10.4. The molecule has 0 aromatic heterocycles. The van der Waals surface area contributed by atoms with Crippen LogP contribution >= 0.6 is 9.24 Å². The van der Waals surface area contributed by atoms with Crippen LogP contribution in [0.4, 0.5) is 8.78 Å². The molecule has 0 saturated heterocycles. The molecule has 35 heavy (non-hydrogen) atoms. The maximum absolute atomic E-state index is 13.3. The number of hydrogen-bond acceptors (Lipinski definition) is 3. The van der Waals surface area contributed by atoms with Gasteiger partial charge in [-0.05, 0) is 69.6 Å². The number of carbonyl (C=O) groups is 1. The molecule has 1 aromatic rings. The van der Waals surface area contributed by atoms with Crippen molar-refractivity contribution in [1.82, 2.24) is 4.90 Å². The Morgan fingerprint density at radius 2 is 1.69 bits per heavy atom. The summed E-state index contributed by atoms with van der Waals surface area (Å²) in [5, 5.41) is 9.06. The van der Waals surface area contributed by atoms with E-state index in [2.05, 4.69) is 32.1 Å².